The van der Waals surface area contributed by atoms with Gasteiger partial charge in [0, 0.05) is 24.7 Å². The van der Waals surface area contributed by atoms with Gasteiger partial charge in [0.25, 0.3) is 10.0 Å². The molecule has 2 N–H and O–H groups in total. The van der Waals surface area contributed by atoms with Crippen molar-refractivity contribution in [3.63, 3.8) is 0 Å². The van der Waals surface area contributed by atoms with Crippen molar-refractivity contribution in [1.29, 1.82) is 0 Å². The molecule has 32 heavy (non-hydrogen) atoms. The van der Waals surface area contributed by atoms with Gasteiger partial charge in [-0.2, -0.15) is 0 Å². The van der Waals surface area contributed by atoms with E-state index in [9.17, 15) is 18.0 Å². The van der Waals surface area contributed by atoms with E-state index in [4.69, 9.17) is 14.6 Å². The van der Waals surface area contributed by atoms with Crippen molar-refractivity contribution < 1.29 is 32.6 Å². The number of piperidine rings is 1. The summed E-state index contributed by atoms with van der Waals surface area (Å²) in [6.45, 7) is 0.581. The predicted octanol–water partition coefficient (Wildman–Crippen LogP) is 3.12. The van der Waals surface area contributed by atoms with Crippen molar-refractivity contribution in [3.8, 4) is 11.5 Å². The molecule has 2 aromatic rings. The average Bonchev–Trinajstić information content (AvgIpc) is 2.77. The zero-order valence-electron chi connectivity index (χ0n) is 17.7. The maximum Gasteiger partial charge on any atom is 0.328 e. The lowest BCUT2D eigenvalue weighted by Gasteiger charge is -2.27. The van der Waals surface area contributed by atoms with Crippen LogP contribution < -0.4 is 19.1 Å². The molecule has 0 aliphatic carbocycles. The summed E-state index contributed by atoms with van der Waals surface area (Å²) < 4.78 is 39.5. The molecule has 0 spiro atoms. The van der Waals surface area contributed by atoms with Gasteiger partial charge in [-0.1, -0.05) is 6.07 Å². The molecule has 170 valence electrons. The normalized spacial score (nSPS) is 14.4. The lowest BCUT2D eigenvalue weighted by molar-refractivity contribution is -0.131. The molecule has 2 aromatic carbocycles. The molecular formula is C22H24N2O7S. The summed E-state index contributed by atoms with van der Waals surface area (Å²) in [6.07, 6.45) is 4.34. The molecule has 9 nitrogen and oxygen atoms in total. The van der Waals surface area contributed by atoms with Crippen LogP contribution in [0.15, 0.2) is 47.4 Å². The first-order chi connectivity index (χ1) is 15.2. The van der Waals surface area contributed by atoms with Gasteiger partial charge < -0.3 is 19.5 Å². The number of hydrogen-bond donors (Lipinski definition) is 2. The predicted molar refractivity (Wildman–Crippen MR) is 120 cm³/mol. The molecule has 0 unspecified atom stereocenters. The fraction of sp³-hybridized carbons (Fsp3) is 0.273. The van der Waals surface area contributed by atoms with Crippen LogP contribution in [0.4, 0.5) is 11.4 Å². The van der Waals surface area contributed by atoms with Crippen molar-refractivity contribution in [3.05, 3.63) is 48.0 Å². The van der Waals surface area contributed by atoms with Crippen molar-refractivity contribution in [2.24, 2.45) is 0 Å². The second-order valence-electron chi connectivity index (χ2n) is 7.08. The van der Waals surface area contributed by atoms with E-state index in [1.807, 2.05) is 0 Å². The monoisotopic (exact) mass is 460 g/mol. The Morgan fingerprint density at radius 3 is 2.59 bits per heavy atom. The Balaban J connectivity index is 1.99. The standard InChI is InChI=1S/C22H24N2O7S/c1-30-18-12-15(9-10-21(26)27)13-19(22(18)31-2)32(28,29)23-16-6-5-7-17(14-16)24-11-4-3-8-20(24)25/h5-7,9-10,12-14,23H,3-4,8,11H2,1-2H3,(H,26,27). The van der Waals surface area contributed by atoms with Crippen LogP contribution in [-0.2, 0) is 19.6 Å². The summed E-state index contributed by atoms with van der Waals surface area (Å²) >= 11 is 0. The lowest BCUT2D eigenvalue weighted by atomic mass is 10.1. The quantitative estimate of drug-likeness (QED) is 0.580. The minimum absolute atomic E-state index is 0.000539. The first kappa shape index (κ1) is 23.1. The van der Waals surface area contributed by atoms with Crippen LogP contribution in [0.25, 0.3) is 6.08 Å². The highest BCUT2D eigenvalue weighted by Gasteiger charge is 2.25. The SMILES string of the molecule is COc1cc(C=CC(=O)O)cc(S(=O)(=O)Nc2cccc(N3CCCCC3=O)c2)c1OC. The first-order valence-electron chi connectivity index (χ1n) is 9.85. The molecule has 1 fully saturated rings. The summed E-state index contributed by atoms with van der Waals surface area (Å²) in [6, 6.07) is 9.36. The number of aliphatic carboxylic acids is 1. The van der Waals surface area contributed by atoms with E-state index in [0.29, 0.717) is 24.2 Å². The lowest BCUT2D eigenvalue weighted by Crippen LogP contribution is -2.35. The molecular weight excluding hydrogens is 436 g/mol. The van der Waals surface area contributed by atoms with Gasteiger partial charge >= 0.3 is 5.97 Å². The molecule has 0 saturated carbocycles. The zero-order valence-corrected chi connectivity index (χ0v) is 18.5. The molecule has 0 bridgehead atoms. The van der Waals surface area contributed by atoms with Crippen LogP contribution in [0.1, 0.15) is 24.8 Å². The molecule has 1 saturated heterocycles. The van der Waals surface area contributed by atoms with E-state index >= 15 is 0 Å². The number of anilines is 2. The molecule has 1 amide bonds. The number of nitrogens with zero attached hydrogens (tertiary/aromatic N) is 1. The highest BCUT2D eigenvalue weighted by Crippen LogP contribution is 2.37. The number of carboxylic acids is 1. The summed E-state index contributed by atoms with van der Waals surface area (Å²) in [5.74, 6) is -1.06. The molecule has 1 heterocycles. The Labute approximate surface area is 186 Å². The number of ether oxygens (including phenoxy) is 2. The van der Waals surface area contributed by atoms with Gasteiger partial charge in [0.1, 0.15) is 4.90 Å². The van der Waals surface area contributed by atoms with E-state index in [1.54, 1.807) is 29.2 Å². The van der Waals surface area contributed by atoms with Gasteiger partial charge in [-0.05, 0) is 54.8 Å². The number of nitrogens with one attached hydrogen (secondary N) is 1. The maximum atomic E-state index is 13.2. The van der Waals surface area contributed by atoms with Gasteiger partial charge in [0.05, 0.1) is 19.9 Å². The molecule has 0 aromatic heterocycles. The highest BCUT2D eigenvalue weighted by molar-refractivity contribution is 7.92. The van der Waals surface area contributed by atoms with E-state index < -0.39 is 16.0 Å². The molecule has 1 aliphatic heterocycles. The van der Waals surface area contributed by atoms with Gasteiger partial charge in [0.2, 0.25) is 5.91 Å². The summed E-state index contributed by atoms with van der Waals surface area (Å²) in [5, 5.41) is 8.88. The number of benzene rings is 2. The van der Waals surface area contributed by atoms with Gasteiger partial charge in [-0.3, -0.25) is 9.52 Å². The number of carboxylic acid groups (broad SMARTS) is 1. The number of sulfonamides is 1. The van der Waals surface area contributed by atoms with E-state index in [-0.39, 0.29) is 28.0 Å². The maximum absolute atomic E-state index is 13.2. The van der Waals surface area contributed by atoms with Crippen LogP contribution in [0.3, 0.4) is 0 Å². The van der Waals surface area contributed by atoms with E-state index in [1.165, 1.54) is 32.4 Å². The third-order valence-electron chi connectivity index (χ3n) is 4.91. The van der Waals surface area contributed by atoms with E-state index in [0.717, 1.165) is 18.9 Å². The smallest absolute Gasteiger partial charge is 0.328 e. The topological polar surface area (TPSA) is 122 Å². The van der Waals surface area contributed by atoms with Crippen LogP contribution in [0.2, 0.25) is 0 Å². The number of amides is 1. The minimum Gasteiger partial charge on any atom is -0.493 e. The number of carbonyl (C=O) groups is 2. The molecule has 10 heteroatoms. The molecule has 0 atom stereocenters. The number of methoxy groups -OCH3 is 2. The van der Waals surface area contributed by atoms with Gasteiger partial charge in [0.15, 0.2) is 11.5 Å². The average molecular weight is 461 g/mol. The Morgan fingerprint density at radius 1 is 1.16 bits per heavy atom. The van der Waals surface area contributed by atoms with Gasteiger partial charge in [-0.25, -0.2) is 13.2 Å². The second-order valence-corrected chi connectivity index (χ2v) is 8.74. The van der Waals surface area contributed by atoms with Crippen molar-refractivity contribution in [2.75, 3.05) is 30.4 Å². The second kappa shape index (κ2) is 9.73. The van der Waals surface area contributed by atoms with Crippen molar-refractivity contribution in [1.82, 2.24) is 0 Å². The Hall–Kier alpha value is -3.53. The Kier molecular flexibility index (Phi) is 7.04. The van der Waals surface area contributed by atoms with Crippen molar-refractivity contribution >= 4 is 39.4 Å². The highest BCUT2D eigenvalue weighted by atomic mass is 32.2. The molecule has 0 radical (unpaired) electrons. The minimum atomic E-state index is -4.15. The van der Waals surface area contributed by atoms with Crippen LogP contribution in [0.5, 0.6) is 11.5 Å². The first-order valence-corrected chi connectivity index (χ1v) is 11.3. The van der Waals surface area contributed by atoms with Crippen molar-refractivity contribution in [2.45, 2.75) is 24.2 Å². The molecule has 3 rings (SSSR count). The largest absolute Gasteiger partial charge is 0.493 e. The third-order valence-corrected chi connectivity index (χ3v) is 6.30. The fourth-order valence-electron chi connectivity index (χ4n) is 3.44. The molecule has 1 aliphatic rings. The zero-order chi connectivity index (χ0) is 23.3. The van der Waals surface area contributed by atoms with Crippen LogP contribution in [-0.4, -0.2) is 46.2 Å². The van der Waals surface area contributed by atoms with Crippen LogP contribution in [0, 0.1) is 0 Å². The number of carbonyl (C=O) groups excluding carboxylic acids is 1. The summed E-state index contributed by atoms with van der Waals surface area (Å²) in [5.41, 5.74) is 1.18. The number of rotatable bonds is 8. The fourth-order valence-corrected chi connectivity index (χ4v) is 4.71. The van der Waals surface area contributed by atoms with Crippen LogP contribution >= 0.6 is 0 Å². The Bertz CT molecular complexity index is 1160. The summed E-state index contributed by atoms with van der Waals surface area (Å²) in [7, 11) is -1.49. The Morgan fingerprint density at radius 2 is 1.94 bits per heavy atom. The van der Waals surface area contributed by atoms with Gasteiger partial charge in [-0.15, -0.1) is 0 Å². The third kappa shape index (κ3) is 5.20. The summed E-state index contributed by atoms with van der Waals surface area (Å²) in [4.78, 5) is 24.5. The number of hydrogen-bond acceptors (Lipinski definition) is 6. The van der Waals surface area contributed by atoms with E-state index in [2.05, 4.69) is 4.72 Å².